The van der Waals surface area contributed by atoms with Crippen LogP contribution >= 0.6 is 0 Å². The first kappa shape index (κ1) is 12.9. The van der Waals surface area contributed by atoms with E-state index in [4.69, 9.17) is 14.4 Å². The van der Waals surface area contributed by atoms with E-state index in [1.165, 1.54) is 19.3 Å². The molecule has 0 saturated carbocycles. The van der Waals surface area contributed by atoms with Gasteiger partial charge in [0.25, 0.3) is 0 Å². The van der Waals surface area contributed by atoms with Crippen molar-refractivity contribution in [3.63, 3.8) is 0 Å². The second-order valence-corrected chi connectivity index (χ2v) is 3.65. The summed E-state index contributed by atoms with van der Waals surface area (Å²) in [6.07, 6.45) is 4.84. The van der Waals surface area contributed by atoms with E-state index < -0.39 is 0 Å². The van der Waals surface area contributed by atoms with Gasteiger partial charge < -0.3 is 14.4 Å². The van der Waals surface area contributed by atoms with Crippen LogP contribution < -0.4 is 9.39 Å². The highest BCUT2D eigenvalue weighted by Gasteiger charge is 1.96. The summed E-state index contributed by atoms with van der Waals surface area (Å²) in [6.45, 7) is 2.96. The molecule has 0 unspecified atom stereocenters. The lowest BCUT2D eigenvalue weighted by molar-refractivity contribution is 0.304. The van der Waals surface area contributed by atoms with Gasteiger partial charge in [0.2, 0.25) is 0 Å². The molecule has 0 atom stereocenters. The highest BCUT2D eigenvalue weighted by atomic mass is 16.5. The van der Waals surface area contributed by atoms with Crippen LogP contribution in [-0.4, -0.2) is 19.3 Å². The molecule has 0 saturated heterocycles. The maximum atomic E-state index is 8.56. The summed E-state index contributed by atoms with van der Waals surface area (Å²) in [7, 11) is -0.294. The predicted octanol–water partition coefficient (Wildman–Crippen LogP) is 2.28. The second-order valence-electron chi connectivity index (χ2n) is 3.65. The molecule has 1 rings (SSSR count). The summed E-state index contributed by atoms with van der Waals surface area (Å²) < 4.78 is 10.5. The molecule has 88 valence electrons. The monoisotopic (exact) mass is 222 g/mol. The molecular formula is C12H19BO3. The molecule has 0 aliphatic heterocycles. The van der Waals surface area contributed by atoms with Crippen LogP contribution in [0, 0.1) is 0 Å². The van der Waals surface area contributed by atoms with Crippen LogP contribution in [0.3, 0.4) is 0 Å². The van der Waals surface area contributed by atoms with E-state index in [0.29, 0.717) is 5.75 Å². The maximum absolute atomic E-state index is 8.56. The van der Waals surface area contributed by atoms with Crippen molar-refractivity contribution in [1.82, 2.24) is 0 Å². The minimum absolute atomic E-state index is 0.294. The standard InChI is InChI=1S/C12H19BO3/c1-2-3-4-5-10-15-11-6-8-12(9-7-11)16-13-14/h6-9,13-14H,2-5,10H2,1H3. The van der Waals surface area contributed by atoms with Gasteiger partial charge in [-0.2, -0.15) is 0 Å². The molecule has 0 aromatic heterocycles. The molecule has 0 spiro atoms. The number of hydrogen-bond donors (Lipinski definition) is 1. The van der Waals surface area contributed by atoms with Crippen molar-refractivity contribution in [3.05, 3.63) is 24.3 Å². The number of unbranched alkanes of at least 4 members (excludes halogenated alkanes) is 3. The topological polar surface area (TPSA) is 38.7 Å². The molecule has 1 N–H and O–H groups in total. The molecule has 0 aliphatic carbocycles. The van der Waals surface area contributed by atoms with Gasteiger partial charge >= 0.3 is 7.69 Å². The second kappa shape index (κ2) is 8.05. The Morgan fingerprint density at radius 3 is 2.38 bits per heavy atom. The largest absolute Gasteiger partial charge is 0.539 e. The van der Waals surface area contributed by atoms with Crippen LogP contribution in [0.15, 0.2) is 24.3 Å². The Kier molecular flexibility index (Phi) is 6.50. The fourth-order valence-electron chi connectivity index (χ4n) is 1.43. The predicted molar refractivity (Wildman–Crippen MR) is 66.1 cm³/mol. The third-order valence-electron chi connectivity index (χ3n) is 2.32. The van der Waals surface area contributed by atoms with Gasteiger partial charge in [-0.1, -0.05) is 26.2 Å². The van der Waals surface area contributed by atoms with Crippen molar-refractivity contribution in [2.45, 2.75) is 32.6 Å². The fourth-order valence-corrected chi connectivity index (χ4v) is 1.43. The van der Waals surface area contributed by atoms with Crippen LogP contribution in [-0.2, 0) is 0 Å². The van der Waals surface area contributed by atoms with E-state index in [2.05, 4.69) is 6.92 Å². The zero-order valence-corrected chi connectivity index (χ0v) is 9.82. The van der Waals surface area contributed by atoms with Crippen LogP contribution in [0.5, 0.6) is 11.5 Å². The van der Waals surface area contributed by atoms with Gasteiger partial charge in [0.05, 0.1) is 6.61 Å². The molecule has 1 aromatic carbocycles. The first-order valence-corrected chi connectivity index (χ1v) is 5.83. The van der Waals surface area contributed by atoms with Crippen molar-refractivity contribution in [2.75, 3.05) is 6.61 Å². The smallest absolute Gasteiger partial charge is 0.504 e. The lowest BCUT2D eigenvalue weighted by atomic mass is 10.2. The van der Waals surface area contributed by atoms with Crippen LogP contribution in [0.25, 0.3) is 0 Å². The van der Waals surface area contributed by atoms with E-state index in [9.17, 15) is 0 Å². The fraction of sp³-hybridized carbons (Fsp3) is 0.500. The van der Waals surface area contributed by atoms with Crippen molar-refractivity contribution >= 4 is 7.69 Å². The third-order valence-corrected chi connectivity index (χ3v) is 2.32. The molecule has 4 heteroatoms. The number of ether oxygens (including phenoxy) is 1. The van der Waals surface area contributed by atoms with Gasteiger partial charge in [0.1, 0.15) is 11.5 Å². The van der Waals surface area contributed by atoms with E-state index >= 15 is 0 Å². The Hall–Kier alpha value is -1.16. The van der Waals surface area contributed by atoms with Crippen LogP contribution in [0.4, 0.5) is 0 Å². The lowest BCUT2D eigenvalue weighted by Gasteiger charge is -2.07. The van der Waals surface area contributed by atoms with Crippen LogP contribution in [0.1, 0.15) is 32.6 Å². The Labute approximate surface area is 97.7 Å². The van der Waals surface area contributed by atoms with Crippen molar-refractivity contribution in [3.8, 4) is 11.5 Å². The summed E-state index contributed by atoms with van der Waals surface area (Å²) in [6, 6.07) is 7.28. The van der Waals surface area contributed by atoms with Crippen molar-refractivity contribution < 1.29 is 14.4 Å². The zero-order valence-electron chi connectivity index (χ0n) is 9.82. The van der Waals surface area contributed by atoms with E-state index in [1.54, 1.807) is 12.1 Å². The average molecular weight is 222 g/mol. The first-order valence-electron chi connectivity index (χ1n) is 5.83. The summed E-state index contributed by atoms with van der Waals surface area (Å²) in [4.78, 5) is 0. The summed E-state index contributed by atoms with van der Waals surface area (Å²) in [5.41, 5.74) is 0. The van der Waals surface area contributed by atoms with E-state index in [-0.39, 0.29) is 7.69 Å². The summed E-state index contributed by atoms with van der Waals surface area (Å²) in [5.74, 6) is 1.50. The van der Waals surface area contributed by atoms with Crippen LogP contribution in [0.2, 0.25) is 0 Å². The molecular weight excluding hydrogens is 203 g/mol. The van der Waals surface area contributed by atoms with Crippen molar-refractivity contribution in [2.24, 2.45) is 0 Å². The first-order chi connectivity index (χ1) is 7.86. The zero-order chi connectivity index (χ0) is 11.6. The highest BCUT2D eigenvalue weighted by molar-refractivity contribution is 6.17. The molecule has 0 heterocycles. The minimum atomic E-state index is -0.294. The Balaban J connectivity index is 2.21. The SMILES string of the molecule is CCCCCCOc1ccc(OBO)cc1. The van der Waals surface area contributed by atoms with Gasteiger partial charge in [-0.15, -0.1) is 0 Å². The molecule has 0 aliphatic rings. The molecule has 0 radical (unpaired) electrons. The Morgan fingerprint density at radius 1 is 1.06 bits per heavy atom. The Morgan fingerprint density at radius 2 is 1.75 bits per heavy atom. The average Bonchev–Trinajstić information content (AvgIpc) is 2.31. The molecule has 0 amide bonds. The summed E-state index contributed by atoms with van der Waals surface area (Å²) >= 11 is 0. The third kappa shape index (κ3) is 5.07. The molecule has 0 bridgehead atoms. The lowest BCUT2D eigenvalue weighted by Crippen LogP contribution is -2.00. The number of hydrogen-bond acceptors (Lipinski definition) is 3. The quantitative estimate of drug-likeness (QED) is 0.541. The van der Waals surface area contributed by atoms with Gasteiger partial charge in [0, 0.05) is 0 Å². The van der Waals surface area contributed by atoms with Gasteiger partial charge in [-0.25, -0.2) is 0 Å². The van der Waals surface area contributed by atoms with Gasteiger partial charge in [-0.05, 0) is 30.7 Å². The molecule has 1 aromatic rings. The Bertz CT molecular complexity index is 274. The summed E-state index contributed by atoms with van der Waals surface area (Å²) in [5, 5.41) is 8.56. The normalized spacial score (nSPS) is 9.88. The number of benzene rings is 1. The van der Waals surface area contributed by atoms with Crippen molar-refractivity contribution in [1.29, 1.82) is 0 Å². The van der Waals surface area contributed by atoms with E-state index in [1.807, 2.05) is 12.1 Å². The highest BCUT2D eigenvalue weighted by Crippen LogP contribution is 2.17. The van der Waals surface area contributed by atoms with Gasteiger partial charge in [0.15, 0.2) is 0 Å². The van der Waals surface area contributed by atoms with Gasteiger partial charge in [-0.3, -0.25) is 0 Å². The minimum Gasteiger partial charge on any atom is -0.539 e. The maximum Gasteiger partial charge on any atom is 0.504 e. The number of rotatable bonds is 8. The molecule has 16 heavy (non-hydrogen) atoms. The molecule has 3 nitrogen and oxygen atoms in total. The molecule has 0 fully saturated rings. The van der Waals surface area contributed by atoms with E-state index in [0.717, 1.165) is 18.8 Å².